The third-order valence-electron chi connectivity index (χ3n) is 1.13. The molecule has 0 bridgehead atoms. The van der Waals surface area contributed by atoms with Crippen molar-refractivity contribution in [3.8, 4) is 0 Å². The van der Waals surface area contributed by atoms with E-state index in [0.717, 1.165) is 12.4 Å². The van der Waals surface area contributed by atoms with Crippen molar-refractivity contribution in [2.45, 2.75) is 13.0 Å². The van der Waals surface area contributed by atoms with Crippen molar-refractivity contribution in [2.75, 3.05) is 0 Å². The van der Waals surface area contributed by atoms with E-state index in [2.05, 4.69) is 9.97 Å². The summed E-state index contributed by atoms with van der Waals surface area (Å²) in [6, 6.07) is 1.07. The van der Waals surface area contributed by atoms with Crippen molar-refractivity contribution in [1.29, 1.82) is 0 Å². The fraction of sp³-hybridized carbons (Fsp3) is 0.333. The highest BCUT2D eigenvalue weighted by Crippen LogP contribution is 2.15. The third-order valence-corrected chi connectivity index (χ3v) is 1.13. The van der Waals surface area contributed by atoms with Crippen LogP contribution >= 0.6 is 0 Å². The Morgan fingerprint density at radius 2 is 2.18 bits per heavy atom. The van der Waals surface area contributed by atoms with Crippen LogP contribution in [0.15, 0.2) is 12.4 Å². The molecular weight excluding hydrogens is 154 g/mol. The number of halogens is 2. The van der Waals surface area contributed by atoms with Gasteiger partial charge in [-0.1, -0.05) is 0 Å². The first kappa shape index (κ1) is 8.00. The lowest BCUT2D eigenvalue weighted by Crippen LogP contribution is -1.95. The van der Waals surface area contributed by atoms with Gasteiger partial charge in [-0.05, 0) is 6.07 Å². The molecule has 0 fully saturated rings. The summed E-state index contributed by atoms with van der Waals surface area (Å²) in [6.07, 6.45) is -1.60. The molecule has 60 valence electrons. The van der Waals surface area contributed by atoms with Gasteiger partial charge in [0.2, 0.25) is 0 Å². The molecule has 0 amide bonds. The minimum absolute atomic E-state index is 0.204. The van der Waals surface area contributed by atoms with Crippen molar-refractivity contribution in [1.82, 2.24) is 9.97 Å². The summed E-state index contributed by atoms with van der Waals surface area (Å²) in [5.41, 5.74) is -0.153. The van der Waals surface area contributed by atoms with Crippen molar-refractivity contribution in [3.05, 3.63) is 23.8 Å². The molecule has 3 nitrogen and oxygen atoms in total. The molecule has 1 aromatic rings. The molecule has 0 aromatic carbocycles. The first-order valence-corrected chi connectivity index (χ1v) is 2.94. The van der Waals surface area contributed by atoms with Crippen LogP contribution in [0.4, 0.5) is 8.78 Å². The van der Waals surface area contributed by atoms with E-state index in [4.69, 9.17) is 5.11 Å². The number of nitrogens with zero attached hydrogens (tertiary/aromatic N) is 2. The smallest absolute Gasteiger partial charge is 0.280 e. The lowest BCUT2D eigenvalue weighted by Gasteiger charge is -1.98. The minimum atomic E-state index is -2.61. The summed E-state index contributed by atoms with van der Waals surface area (Å²) in [4.78, 5) is 6.86. The molecule has 11 heavy (non-hydrogen) atoms. The van der Waals surface area contributed by atoms with Gasteiger partial charge in [-0.15, -0.1) is 0 Å². The monoisotopic (exact) mass is 160 g/mol. The average molecular weight is 160 g/mol. The molecule has 1 rings (SSSR count). The van der Waals surface area contributed by atoms with Crippen LogP contribution in [-0.4, -0.2) is 15.1 Å². The fourth-order valence-electron chi connectivity index (χ4n) is 0.621. The Morgan fingerprint density at radius 1 is 1.45 bits per heavy atom. The molecule has 0 saturated heterocycles. The second-order valence-electron chi connectivity index (χ2n) is 1.89. The summed E-state index contributed by atoms with van der Waals surface area (Å²) >= 11 is 0. The number of alkyl halides is 2. The van der Waals surface area contributed by atoms with Gasteiger partial charge in [-0.25, -0.2) is 18.7 Å². The van der Waals surface area contributed by atoms with Gasteiger partial charge in [0.05, 0.1) is 12.3 Å². The van der Waals surface area contributed by atoms with Crippen molar-refractivity contribution < 1.29 is 13.9 Å². The first-order valence-electron chi connectivity index (χ1n) is 2.94. The molecule has 0 saturated carbocycles. The van der Waals surface area contributed by atoms with Crippen molar-refractivity contribution in [2.24, 2.45) is 0 Å². The molecule has 1 heterocycles. The van der Waals surface area contributed by atoms with E-state index >= 15 is 0 Å². The normalized spacial score (nSPS) is 10.5. The molecule has 0 aliphatic rings. The van der Waals surface area contributed by atoms with Crippen LogP contribution in [0.25, 0.3) is 0 Å². The summed E-state index contributed by atoms with van der Waals surface area (Å²) < 4.78 is 23.8. The number of hydrogen-bond donors (Lipinski definition) is 1. The van der Waals surface area contributed by atoms with Crippen molar-refractivity contribution >= 4 is 0 Å². The van der Waals surface area contributed by atoms with Gasteiger partial charge in [0.15, 0.2) is 0 Å². The van der Waals surface area contributed by atoms with Gasteiger partial charge < -0.3 is 5.11 Å². The lowest BCUT2D eigenvalue weighted by molar-refractivity contribution is 0.145. The molecule has 0 aliphatic carbocycles. The highest BCUT2D eigenvalue weighted by Gasteiger charge is 2.08. The summed E-state index contributed by atoms with van der Waals surface area (Å²) in [5.74, 6) is 0. The predicted octanol–water partition coefficient (Wildman–Crippen LogP) is 0.907. The van der Waals surface area contributed by atoms with Crippen LogP contribution in [0.2, 0.25) is 0 Å². The fourth-order valence-corrected chi connectivity index (χ4v) is 0.621. The molecule has 1 aromatic heterocycles. The second-order valence-corrected chi connectivity index (χ2v) is 1.89. The zero-order valence-electron chi connectivity index (χ0n) is 5.54. The Hall–Kier alpha value is -1.10. The number of rotatable bonds is 2. The third kappa shape index (κ3) is 1.91. The van der Waals surface area contributed by atoms with E-state index in [-0.39, 0.29) is 18.0 Å². The Kier molecular flexibility index (Phi) is 2.43. The van der Waals surface area contributed by atoms with Gasteiger partial charge >= 0.3 is 0 Å². The van der Waals surface area contributed by atoms with E-state index in [1.54, 1.807) is 0 Å². The number of aromatic nitrogens is 2. The summed E-state index contributed by atoms with van der Waals surface area (Å²) in [6.45, 7) is -0.345. The van der Waals surface area contributed by atoms with Gasteiger partial charge in [0.25, 0.3) is 6.43 Å². The van der Waals surface area contributed by atoms with E-state index in [0.29, 0.717) is 0 Å². The number of aliphatic hydroxyl groups excluding tert-OH is 1. The molecule has 0 spiro atoms. The zero-order valence-corrected chi connectivity index (χ0v) is 5.54. The number of aliphatic hydroxyl groups is 1. The standard InChI is InChI=1S/C6H6F2N2O/c7-6(8)5-1-4(2-11)9-3-10-5/h1,3,6,11H,2H2. The Balaban J connectivity index is 2.91. The van der Waals surface area contributed by atoms with Gasteiger partial charge in [-0.3, -0.25) is 0 Å². The quantitative estimate of drug-likeness (QED) is 0.699. The second kappa shape index (κ2) is 3.34. The largest absolute Gasteiger partial charge is 0.390 e. The van der Waals surface area contributed by atoms with Gasteiger partial charge in [0.1, 0.15) is 12.0 Å². The first-order chi connectivity index (χ1) is 5.24. The maximum Gasteiger partial charge on any atom is 0.280 e. The molecule has 5 heteroatoms. The van der Waals surface area contributed by atoms with Crippen LogP contribution in [0.1, 0.15) is 17.8 Å². The molecule has 1 N–H and O–H groups in total. The maximum absolute atomic E-state index is 11.9. The highest BCUT2D eigenvalue weighted by atomic mass is 19.3. The molecular formula is C6H6F2N2O. The van der Waals surface area contributed by atoms with Crippen LogP contribution in [0, 0.1) is 0 Å². The Labute approximate surface area is 61.7 Å². The van der Waals surface area contributed by atoms with Crippen molar-refractivity contribution in [3.63, 3.8) is 0 Å². The summed E-state index contributed by atoms with van der Waals surface area (Å²) in [7, 11) is 0. The molecule has 0 atom stereocenters. The topological polar surface area (TPSA) is 46.0 Å². The molecule has 0 aliphatic heterocycles. The number of hydrogen-bond acceptors (Lipinski definition) is 3. The van der Waals surface area contributed by atoms with Crippen LogP contribution in [0.5, 0.6) is 0 Å². The van der Waals surface area contributed by atoms with Gasteiger partial charge in [-0.2, -0.15) is 0 Å². The molecule has 0 radical (unpaired) electrons. The van der Waals surface area contributed by atoms with Crippen LogP contribution in [-0.2, 0) is 6.61 Å². The Bertz CT molecular complexity index is 242. The minimum Gasteiger partial charge on any atom is -0.390 e. The predicted molar refractivity (Wildman–Crippen MR) is 32.9 cm³/mol. The lowest BCUT2D eigenvalue weighted by atomic mass is 10.3. The maximum atomic E-state index is 11.9. The molecule has 0 unspecified atom stereocenters. The average Bonchev–Trinajstić information content (AvgIpc) is 2.05. The van der Waals surface area contributed by atoms with E-state index < -0.39 is 6.43 Å². The Morgan fingerprint density at radius 3 is 2.73 bits per heavy atom. The van der Waals surface area contributed by atoms with Crippen LogP contribution in [0.3, 0.4) is 0 Å². The van der Waals surface area contributed by atoms with E-state index in [1.807, 2.05) is 0 Å². The van der Waals surface area contributed by atoms with Gasteiger partial charge in [0, 0.05) is 0 Å². The highest BCUT2D eigenvalue weighted by molar-refractivity contribution is 5.07. The van der Waals surface area contributed by atoms with E-state index in [1.165, 1.54) is 0 Å². The zero-order chi connectivity index (χ0) is 8.27. The SMILES string of the molecule is OCc1cc(C(F)F)ncn1. The summed E-state index contributed by atoms with van der Waals surface area (Å²) in [5, 5.41) is 8.51. The van der Waals surface area contributed by atoms with E-state index in [9.17, 15) is 8.78 Å². The van der Waals surface area contributed by atoms with Crippen LogP contribution < -0.4 is 0 Å².